The van der Waals surface area contributed by atoms with E-state index in [-0.39, 0.29) is 0 Å². The van der Waals surface area contributed by atoms with Gasteiger partial charge in [0.15, 0.2) is 0 Å². The quantitative estimate of drug-likeness (QED) is 0.223. The van der Waals surface area contributed by atoms with Crippen LogP contribution in [0, 0.1) is 0 Å². The van der Waals surface area contributed by atoms with Crippen LogP contribution < -0.4 is 0 Å². The largest absolute Gasteiger partial charge is 0.245 e. The van der Waals surface area contributed by atoms with Crippen LogP contribution in [0.2, 0.25) is 0 Å². The fraction of sp³-hybridized carbons (Fsp3) is 0.0769. The smallest absolute Gasteiger partial charge is 0.0972 e. The molecule has 5 rings (SSSR count). The Hall–Kier alpha value is -2.82. The van der Waals surface area contributed by atoms with E-state index in [1.54, 1.807) is 0 Å². The Labute approximate surface area is 187 Å². The van der Waals surface area contributed by atoms with Gasteiger partial charge in [0, 0.05) is 31.7 Å². The lowest BCUT2D eigenvalue weighted by molar-refractivity contribution is 1.35. The number of hydrogen-bond acceptors (Lipinski definition) is 4. The summed E-state index contributed by atoms with van der Waals surface area (Å²) >= 11 is 8.74. The molecule has 0 fully saturated rings. The Morgan fingerprint density at radius 3 is 1.17 bits per heavy atom. The fourth-order valence-corrected chi connectivity index (χ4v) is 3.65. The molecular formula is C26H22N2S2. The molecule has 0 aliphatic heterocycles. The van der Waals surface area contributed by atoms with E-state index in [1.165, 1.54) is 0 Å². The van der Waals surface area contributed by atoms with E-state index in [1.807, 2.05) is 62.4 Å². The minimum absolute atomic E-state index is 0.914. The first-order valence-electron chi connectivity index (χ1n) is 9.97. The normalized spacial score (nSPS) is 10.7. The Bertz CT molecular complexity index is 1210. The van der Waals surface area contributed by atoms with Gasteiger partial charge in [-0.3, -0.25) is 0 Å². The molecule has 0 saturated heterocycles. The van der Waals surface area contributed by atoms with Gasteiger partial charge in [-0.25, -0.2) is 9.97 Å². The van der Waals surface area contributed by atoms with Crippen LogP contribution in [0.3, 0.4) is 0 Å². The van der Waals surface area contributed by atoms with Gasteiger partial charge in [-0.05, 0) is 36.4 Å². The third kappa shape index (κ3) is 4.07. The zero-order valence-corrected chi connectivity index (χ0v) is 18.7. The topological polar surface area (TPSA) is 25.8 Å². The van der Waals surface area contributed by atoms with E-state index in [4.69, 9.17) is 9.97 Å². The highest BCUT2D eigenvalue weighted by Gasteiger charge is 2.08. The van der Waals surface area contributed by atoms with Crippen molar-refractivity contribution in [1.29, 1.82) is 0 Å². The molecule has 4 heteroatoms. The van der Waals surface area contributed by atoms with Gasteiger partial charge in [0.2, 0.25) is 0 Å². The first kappa shape index (κ1) is 20.5. The number of fused-ring (bicyclic) bond motifs is 3. The zero-order valence-electron chi connectivity index (χ0n) is 16.9. The molecule has 0 atom stereocenters. The Morgan fingerprint density at radius 1 is 0.467 bits per heavy atom. The van der Waals surface area contributed by atoms with Gasteiger partial charge in [0.25, 0.3) is 0 Å². The molecule has 0 spiro atoms. The van der Waals surface area contributed by atoms with Crippen LogP contribution in [-0.4, -0.2) is 9.97 Å². The van der Waals surface area contributed by atoms with Gasteiger partial charge in [0.05, 0.1) is 22.4 Å². The minimum Gasteiger partial charge on any atom is -0.245 e. The van der Waals surface area contributed by atoms with Crippen LogP contribution in [0.1, 0.15) is 13.8 Å². The van der Waals surface area contributed by atoms with Gasteiger partial charge in [-0.2, -0.15) is 0 Å². The molecule has 2 nitrogen and oxygen atoms in total. The molecule has 5 aromatic rings. The first-order valence-corrected chi connectivity index (χ1v) is 10.9. The lowest BCUT2D eigenvalue weighted by Crippen LogP contribution is -1.91. The van der Waals surface area contributed by atoms with E-state index in [0.29, 0.717) is 0 Å². The molecular weight excluding hydrogens is 404 g/mol. The Morgan fingerprint density at radius 2 is 0.800 bits per heavy atom. The van der Waals surface area contributed by atoms with Crippen molar-refractivity contribution in [1.82, 2.24) is 9.97 Å². The molecule has 0 amide bonds. The van der Waals surface area contributed by atoms with Crippen LogP contribution in [-0.2, 0) is 0 Å². The van der Waals surface area contributed by atoms with Gasteiger partial charge in [0.1, 0.15) is 0 Å². The van der Waals surface area contributed by atoms with Crippen molar-refractivity contribution in [3.8, 4) is 22.5 Å². The Balaban J connectivity index is 0.00000106. The first-order chi connectivity index (χ1) is 14.7. The van der Waals surface area contributed by atoms with Crippen LogP contribution in [0.25, 0.3) is 44.3 Å². The lowest BCUT2D eigenvalue weighted by atomic mass is 10.1. The molecule has 0 aliphatic carbocycles. The average molecular weight is 427 g/mol. The SMILES string of the molecule is CC.Sc1ccc(-c2ccc3ccc4ccc(-c5ccc(S)cc5)nc4c3n2)cc1. The highest BCUT2D eigenvalue weighted by Crippen LogP contribution is 2.29. The molecule has 0 radical (unpaired) electrons. The van der Waals surface area contributed by atoms with Gasteiger partial charge in [-0.15, -0.1) is 25.3 Å². The van der Waals surface area contributed by atoms with Crippen molar-refractivity contribution >= 4 is 47.1 Å². The highest BCUT2D eigenvalue weighted by atomic mass is 32.1. The van der Waals surface area contributed by atoms with Crippen LogP contribution in [0.4, 0.5) is 0 Å². The number of thiol groups is 2. The van der Waals surface area contributed by atoms with Crippen molar-refractivity contribution in [3.05, 3.63) is 84.9 Å². The van der Waals surface area contributed by atoms with Crippen LogP contribution >= 0.6 is 25.3 Å². The van der Waals surface area contributed by atoms with Crippen molar-refractivity contribution in [3.63, 3.8) is 0 Å². The van der Waals surface area contributed by atoms with Gasteiger partial charge >= 0.3 is 0 Å². The summed E-state index contributed by atoms with van der Waals surface area (Å²) in [5, 5.41) is 2.16. The summed E-state index contributed by atoms with van der Waals surface area (Å²) in [7, 11) is 0. The number of nitrogens with zero attached hydrogens (tertiary/aromatic N) is 2. The average Bonchev–Trinajstić information content (AvgIpc) is 2.80. The molecule has 148 valence electrons. The van der Waals surface area contributed by atoms with E-state index < -0.39 is 0 Å². The predicted molar refractivity (Wildman–Crippen MR) is 134 cm³/mol. The standard InChI is InChI=1S/C24H16N2S2.C2H6/c27-19-9-3-15(4-10-19)21-13-7-17-1-2-18-8-14-22(26-24(18)23(17)25-21)16-5-11-20(28)12-6-16;1-2/h1-14,27-28H;1-2H3. The molecule has 3 aromatic carbocycles. The van der Waals surface area contributed by atoms with E-state index in [0.717, 1.165) is 54.1 Å². The summed E-state index contributed by atoms with van der Waals surface area (Å²) in [5.74, 6) is 0. The monoisotopic (exact) mass is 426 g/mol. The second kappa shape index (κ2) is 8.90. The summed E-state index contributed by atoms with van der Waals surface area (Å²) in [6, 6.07) is 28.6. The number of aromatic nitrogens is 2. The van der Waals surface area contributed by atoms with E-state index in [9.17, 15) is 0 Å². The number of rotatable bonds is 2. The molecule has 0 unspecified atom stereocenters. The minimum atomic E-state index is 0.914. The summed E-state index contributed by atoms with van der Waals surface area (Å²) in [6.07, 6.45) is 0. The lowest BCUT2D eigenvalue weighted by Gasteiger charge is -2.08. The molecule has 0 bridgehead atoms. The highest BCUT2D eigenvalue weighted by molar-refractivity contribution is 7.80. The fourth-order valence-electron chi connectivity index (χ4n) is 3.35. The molecule has 0 N–H and O–H groups in total. The Kier molecular flexibility index (Phi) is 6.07. The van der Waals surface area contributed by atoms with E-state index in [2.05, 4.69) is 61.7 Å². The molecule has 2 heterocycles. The maximum Gasteiger partial charge on any atom is 0.0972 e. The van der Waals surface area contributed by atoms with Crippen LogP contribution in [0.5, 0.6) is 0 Å². The second-order valence-electron chi connectivity index (χ2n) is 6.70. The number of hydrogen-bond donors (Lipinski definition) is 2. The van der Waals surface area contributed by atoms with Crippen molar-refractivity contribution < 1.29 is 0 Å². The zero-order chi connectivity index (χ0) is 21.1. The third-order valence-corrected chi connectivity index (χ3v) is 5.44. The maximum absolute atomic E-state index is 4.95. The third-order valence-electron chi connectivity index (χ3n) is 4.85. The second-order valence-corrected chi connectivity index (χ2v) is 7.73. The van der Waals surface area contributed by atoms with Crippen LogP contribution in [0.15, 0.2) is 94.7 Å². The van der Waals surface area contributed by atoms with Crippen molar-refractivity contribution in [2.45, 2.75) is 23.6 Å². The number of pyridine rings is 2. The number of benzene rings is 3. The molecule has 2 aromatic heterocycles. The summed E-state index contributed by atoms with van der Waals surface area (Å²) in [4.78, 5) is 11.8. The van der Waals surface area contributed by atoms with Crippen molar-refractivity contribution in [2.24, 2.45) is 0 Å². The summed E-state index contributed by atoms with van der Waals surface area (Å²) in [6.45, 7) is 4.00. The van der Waals surface area contributed by atoms with E-state index >= 15 is 0 Å². The molecule has 0 aliphatic rings. The molecule has 30 heavy (non-hydrogen) atoms. The molecule has 0 saturated carbocycles. The summed E-state index contributed by atoms with van der Waals surface area (Å²) in [5.41, 5.74) is 5.82. The predicted octanol–water partition coefficient (Wildman–Crippen LogP) is 7.72. The van der Waals surface area contributed by atoms with Crippen molar-refractivity contribution in [2.75, 3.05) is 0 Å². The van der Waals surface area contributed by atoms with Gasteiger partial charge < -0.3 is 0 Å². The summed E-state index contributed by atoms with van der Waals surface area (Å²) < 4.78 is 0. The van der Waals surface area contributed by atoms with Gasteiger partial charge in [-0.1, -0.05) is 62.4 Å². The maximum atomic E-state index is 4.95.